The quantitative estimate of drug-likeness (QED) is 0.657. The summed E-state index contributed by atoms with van der Waals surface area (Å²) in [5, 5.41) is 3.26. The summed E-state index contributed by atoms with van der Waals surface area (Å²) in [7, 11) is 0. The van der Waals surface area contributed by atoms with Crippen molar-refractivity contribution in [1.29, 1.82) is 0 Å². The molecular weight excluding hydrogens is 384 g/mol. The Bertz CT molecular complexity index is 986. The number of carbonyl (C=O) groups excluding carboxylic acids is 2. The Morgan fingerprint density at radius 1 is 0.806 bits per heavy atom. The van der Waals surface area contributed by atoms with Gasteiger partial charge in [-0.1, -0.05) is 78.9 Å². The van der Waals surface area contributed by atoms with Gasteiger partial charge in [0, 0.05) is 24.6 Å². The number of likely N-dealkylation sites (tertiary alicyclic amines) is 1. The fourth-order valence-corrected chi connectivity index (χ4v) is 4.24. The maximum absolute atomic E-state index is 13.1. The fraction of sp³-hybridized carbons (Fsp3) is 0.259. The minimum atomic E-state index is -0.179. The smallest absolute Gasteiger partial charge is 0.254 e. The fourth-order valence-electron chi connectivity index (χ4n) is 4.24. The first kappa shape index (κ1) is 20.9. The molecule has 4 heteroatoms. The number of aryl methyl sites for hydroxylation is 1. The van der Waals surface area contributed by atoms with Gasteiger partial charge in [-0.05, 0) is 42.5 Å². The summed E-state index contributed by atoms with van der Waals surface area (Å²) in [5.41, 5.74) is 3.86. The first-order valence-corrected chi connectivity index (χ1v) is 10.9. The van der Waals surface area contributed by atoms with Crippen LogP contribution in [0, 0.1) is 12.8 Å². The number of carbonyl (C=O) groups is 2. The molecule has 4 rings (SSSR count). The van der Waals surface area contributed by atoms with Crippen LogP contribution in [-0.2, 0) is 4.79 Å². The van der Waals surface area contributed by atoms with E-state index >= 15 is 0 Å². The van der Waals surface area contributed by atoms with Gasteiger partial charge in [0.05, 0.1) is 6.04 Å². The van der Waals surface area contributed by atoms with Crippen molar-refractivity contribution < 1.29 is 9.59 Å². The van der Waals surface area contributed by atoms with Crippen LogP contribution in [0.1, 0.15) is 45.9 Å². The van der Waals surface area contributed by atoms with E-state index in [1.807, 2.05) is 96.8 Å². The molecule has 1 fully saturated rings. The molecule has 2 amide bonds. The van der Waals surface area contributed by atoms with Crippen molar-refractivity contribution in [2.75, 3.05) is 13.1 Å². The summed E-state index contributed by atoms with van der Waals surface area (Å²) >= 11 is 0. The highest BCUT2D eigenvalue weighted by atomic mass is 16.2. The van der Waals surface area contributed by atoms with Gasteiger partial charge in [0.25, 0.3) is 5.91 Å². The summed E-state index contributed by atoms with van der Waals surface area (Å²) < 4.78 is 0. The van der Waals surface area contributed by atoms with E-state index in [0.717, 1.165) is 22.3 Å². The molecule has 1 aliphatic rings. The van der Waals surface area contributed by atoms with Gasteiger partial charge in [-0.2, -0.15) is 0 Å². The van der Waals surface area contributed by atoms with Gasteiger partial charge in [-0.3, -0.25) is 9.59 Å². The molecule has 0 spiro atoms. The predicted octanol–water partition coefficient (Wildman–Crippen LogP) is 4.75. The SMILES string of the molecule is Cc1ccccc1C(=O)N1CCC(C(=O)NC(c2ccccc2)c2ccccc2)CC1. The highest BCUT2D eigenvalue weighted by Crippen LogP contribution is 2.25. The molecular formula is C27H28N2O2. The van der Waals surface area contributed by atoms with Crippen molar-refractivity contribution in [2.24, 2.45) is 5.92 Å². The molecule has 1 N–H and O–H groups in total. The Hall–Kier alpha value is -3.40. The van der Waals surface area contributed by atoms with Gasteiger partial charge in [0.15, 0.2) is 0 Å². The molecule has 1 heterocycles. The van der Waals surface area contributed by atoms with Crippen LogP contribution in [0.15, 0.2) is 84.9 Å². The maximum atomic E-state index is 13.1. The molecule has 31 heavy (non-hydrogen) atoms. The van der Waals surface area contributed by atoms with Crippen molar-refractivity contribution in [3.05, 3.63) is 107 Å². The third-order valence-corrected chi connectivity index (χ3v) is 6.08. The summed E-state index contributed by atoms with van der Waals surface area (Å²) in [5.74, 6) is 0.0277. The first-order valence-electron chi connectivity index (χ1n) is 10.9. The lowest BCUT2D eigenvalue weighted by atomic mass is 9.93. The van der Waals surface area contributed by atoms with Crippen LogP contribution in [-0.4, -0.2) is 29.8 Å². The second-order valence-electron chi connectivity index (χ2n) is 8.14. The number of hydrogen-bond donors (Lipinski definition) is 1. The zero-order valence-corrected chi connectivity index (χ0v) is 17.8. The standard InChI is InChI=1S/C27H28N2O2/c1-20-10-8-9-15-24(20)27(31)29-18-16-23(17-19-29)26(30)28-25(21-11-4-2-5-12-21)22-13-6-3-7-14-22/h2-15,23,25H,16-19H2,1H3,(H,28,30). The maximum Gasteiger partial charge on any atom is 0.254 e. The normalized spacial score (nSPS) is 14.5. The van der Waals surface area contributed by atoms with Crippen LogP contribution < -0.4 is 5.32 Å². The first-order chi connectivity index (χ1) is 15.1. The van der Waals surface area contributed by atoms with E-state index in [1.165, 1.54) is 0 Å². The Morgan fingerprint density at radius 3 is 1.87 bits per heavy atom. The van der Waals surface area contributed by atoms with Gasteiger partial charge in [0.2, 0.25) is 5.91 Å². The van der Waals surface area contributed by atoms with Crippen LogP contribution in [0.3, 0.4) is 0 Å². The van der Waals surface area contributed by atoms with E-state index in [9.17, 15) is 9.59 Å². The van der Waals surface area contributed by atoms with E-state index in [0.29, 0.717) is 25.9 Å². The van der Waals surface area contributed by atoms with Crippen LogP contribution in [0.2, 0.25) is 0 Å². The molecule has 4 nitrogen and oxygen atoms in total. The van der Waals surface area contributed by atoms with E-state index < -0.39 is 0 Å². The second-order valence-corrected chi connectivity index (χ2v) is 8.14. The monoisotopic (exact) mass is 412 g/mol. The Balaban J connectivity index is 1.42. The van der Waals surface area contributed by atoms with Crippen molar-refractivity contribution in [3.63, 3.8) is 0 Å². The topological polar surface area (TPSA) is 49.4 Å². The van der Waals surface area contributed by atoms with Gasteiger partial charge < -0.3 is 10.2 Å². The molecule has 0 aromatic heterocycles. The number of hydrogen-bond acceptors (Lipinski definition) is 2. The predicted molar refractivity (Wildman–Crippen MR) is 123 cm³/mol. The Kier molecular flexibility index (Phi) is 6.46. The number of amides is 2. The molecule has 1 saturated heterocycles. The summed E-state index contributed by atoms with van der Waals surface area (Å²) in [4.78, 5) is 27.9. The zero-order chi connectivity index (χ0) is 21.6. The van der Waals surface area contributed by atoms with Gasteiger partial charge in [-0.25, -0.2) is 0 Å². The van der Waals surface area contributed by atoms with Crippen LogP contribution in [0.4, 0.5) is 0 Å². The van der Waals surface area contributed by atoms with Crippen molar-refractivity contribution >= 4 is 11.8 Å². The minimum absolute atomic E-state index is 0.0562. The average molecular weight is 413 g/mol. The lowest BCUT2D eigenvalue weighted by Gasteiger charge is -2.32. The van der Waals surface area contributed by atoms with Crippen molar-refractivity contribution in [3.8, 4) is 0 Å². The molecule has 0 bridgehead atoms. The highest BCUT2D eigenvalue weighted by molar-refractivity contribution is 5.95. The molecule has 158 valence electrons. The van der Waals surface area contributed by atoms with Crippen LogP contribution in [0.25, 0.3) is 0 Å². The van der Waals surface area contributed by atoms with Gasteiger partial charge >= 0.3 is 0 Å². The third kappa shape index (κ3) is 4.85. The Labute approximate surface area is 183 Å². The minimum Gasteiger partial charge on any atom is -0.345 e. The van der Waals surface area contributed by atoms with Crippen molar-refractivity contribution in [2.45, 2.75) is 25.8 Å². The zero-order valence-electron chi connectivity index (χ0n) is 17.8. The molecule has 3 aromatic rings. The number of benzene rings is 3. The molecule has 0 aliphatic carbocycles. The average Bonchev–Trinajstić information content (AvgIpc) is 2.83. The molecule has 3 aromatic carbocycles. The van der Waals surface area contributed by atoms with Gasteiger partial charge in [-0.15, -0.1) is 0 Å². The number of nitrogens with one attached hydrogen (secondary N) is 1. The third-order valence-electron chi connectivity index (χ3n) is 6.08. The number of rotatable bonds is 5. The summed E-state index contributed by atoms with van der Waals surface area (Å²) in [6.07, 6.45) is 1.36. The lowest BCUT2D eigenvalue weighted by molar-refractivity contribution is -0.126. The van der Waals surface area contributed by atoms with E-state index in [-0.39, 0.29) is 23.8 Å². The molecule has 0 saturated carbocycles. The molecule has 1 aliphatic heterocycles. The Morgan fingerprint density at radius 2 is 1.32 bits per heavy atom. The summed E-state index contributed by atoms with van der Waals surface area (Å²) in [6, 6.07) is 27.6. The van der Waals surface area contributed by atoms with Gasteiger partial charge in [0.1, 0.15) is 0 Å². The van der Waals surface area contributed by atoms with Crippen LogP contribution in [0.5, 0.6) is 0 Å². The second kappa shape index (κ2) is 9.61. The molecule has 0 unspecified atom stereocenters. The van der Waals surface area contributed by atoms with E-state index in [2.05, 4.69) is 5.32 Å². The number of piperidine rings is 1. The van der Waals surface area contributed by atoms with Crippen molar-refractivity contribution in [1.82, 2.24) is 10.2 Å². The molecule has 0 atom stereocenters. The molecule has 0 radical (unpaired) electrons. The lowest BCUT2D eigenvalue weighted by Crippen LogP contribution is -2.44. The number of nitrogens with zero attached hydrogens (tertiary/aromatic N) is 1. The summed E-state index contributed by atoms with van der Waals surface area (Å²) in [6.45, 7) is 3.17. The highest BCUT2D eigenvalue weighted by Gasteiger charge is 2.29. The largest absolute Gasteiger partial charge is 0.345 e. The van der Waals surface area contributed by atoms with E-state index in [4.69, 9.17) is 0 Å². The van der Waals surface area contributed by atoms with E-state index in [1.54, 1.807) is 0 Å². The van der Waals surface area contributed by atoms with Crippen LogP contribution >= 0.6 is 0 Å².